The summed E-state index contributed by atoms with van der Waals surface area (Å²) in [4.78, 5) is 13.1. The van der Waals surface area contributed by atoms with Crippen molar-refractivity contribution in [3.05, 3.63) is 59.9 Å². The highest BCUT2D eigenvalue weighted by Gasteiger charge is 2.12. The molecule has 21 heavy (non-hydrogen) atoms. The Morgan fingerprint density at radius 3 is 2.57 bits per heavy atom. The van der Waals surface area contributed by atoms with Crippen LogP contribution in [0.5, 0.6) is 5.75 Å². The molecule has 0 unspecified atom stereocenters. The van der Waals surface area contributed by atoms with Crippen molar-refractivity contribution in [3.8, 4) is 28.5 Å². The third kappa shape index (κ3) is 2.85. The van der Waals surface area contributed by atoms with E-state index in [-0.39, 0.29) is 0 Å². The number of ether oxygens (including phenoxy) is 1. The maximum absolute atomic E-state index is 6.13. The molecule has 0 aliphatic carbocycles. The van der Waals surface area contributed by atoms with Crippen molar-refractivity contribution in [3.63, 3.8) is 0 Å². The number of aromatic nitrogens is 3. The number of nitrogens with zero attached hydrogens (tertiary/aromatic N) is 3. The standard InChI is InChI=1S/C16H12ClN3O/c1-21-13-8-5-9-18-15(13)12-10-14(17)20-16(19-12)11-6-3-2-4-7-11/h2-10H,1H3. The fraction of sp³-hybridized carbons (Fsp3) is 0.0625. The highest BCUT2D eigenvalue weighted by molar-refractivity contribution is 6.29. The predicted octanol–water partition coefficient (Wildman–Crippen LogP) is 3.87. The van der Waals surface area contributed by atoms with Crippen LogP contribution in [0, 0.1) is 0 Å². The van der Waals surface area contributed by atoms with Gasteiger partial charge in [-0.1, -0.05) is 41.9 Å². The summed E-state index contributed by atoms with van der Waals surface area (Å²) in [6.07, 6.45) is 1.69. The quantitative estimate of drug-likeness (QED) is 0.689. The zero-order valence-corrected chi connectivity index (χ0v) is 12.1. The van der Waals surface area contributed by atoms with Crippen LogP contribution >= 0.6 is 11.6 Å². The highest BCUT2D eigenvalue weighted by Crippen LogP contribution is 2.28. The van der Waals surface area contributed by atoms with E-state index >= 15 is 0 Å². The van der Waals surface area contributed by atoms with Gasteiger partial charge >= 0.3 is 0 Å². The summed E-state index contributed by atoms with van der Waals surface area (Å²) in [6.45, 7) is 0. The first-order valence-electron chi connectivity index (χ1n) is 6.37. The molecule has 5 heteroatoms. The molecule has 3 aromatic rings. The lowest BCUT2D eigenvalue weighted by Crippen LogP contribution is -1.96. The normalized spacial score (nSPS) is 10.4. The van der Waals surface area contributed by atoms with E-state index in [9.17, 15) is 0 Å². The molecule has 0 radical (unpaired) electrons. The first-order valence-corrected chi connectivity index (χ1v) is 6.75. The molecule has 0 N–H and O–H groups in total. The van der Waals surface area contributed by atoms with Crippen molar-refractivity contribution >= 4 is 11.6 Å². The fourth-order valence-electron chi connectivity index (χ4n) is 2.00. The van der Waals surface area contributed by atoms with Gasteiger partial charge in [0.05, 0.1) is 12.8 Å². The van der Waals surface area contributed by atoms with E-state index < -0.39 is 0 Å². The molecular formula is C16H12ClN3O. The van der Waals surface area contributed by atoms with E-state index in [1.807, 2.05) is 42.5 Å². The maximum atomic E-state index is 6.13. The number of pyridine rings is 1. The Bertz CT molecular complexity index is 762. The maximum Gasteiger partial charge on any atom is 0.161 e. The molecule has 0 fully saturated rings. The van der Waals surface area contributed by atoms with Crippen molar-refractivity contribution < 1.29 is 4.74 Å². The van der Waals surface area contributed by atoms with Gasteiger partial charge in [0.1, 0.15) is 16.6 Å². The van der Waals surface area contributed by atoms with Crippen molar-refractivity contribution in [1.82, 2.24) is 15.0 Å². The van der Waals surface area contributed by atoms with Gasteiger partial charge in [-0.15, -0.1) is 0 Å². The van der Waals surface area contributed by atoms with Gasteiger partial charge in [0.25, 0.3) is 0 Å². The summed E-state index contributed by atoms with van der Waals surface area (Å²) < 4.78 is 5.32. The lowest BCUT2D eigenvalue weighted by Gasteiger charge is -2.08. The van der Waals surface area contributed by atoms with Crippen LogP contribution in [0.2, 0.25) is 5.15 Å². The van der Waals surface area contributed by atoms with E-state index in [0.717, 1.165) is 5.56 Å². The minimum atomic E-state index is 0.367. The summed E-state index contributed by atoms with van der Waals surface area (Å²) in [6, 6.07) is 15.0. The smallest absolute Gasteiger partial charge is 0.161 e. The molecule has 0 bridgehead atoms. The molecule has 104 valence electrons. The topological polar surface area (TPSA) is 47.9 Å². The van der Waals surface area contributed by atoms with E-state index in [4.69, 9.17) is 16.3 Å². The molecular weight excluding hydrogens is 286 g/mol. The monoisotopic (exact) mass is 297 g/mol. The lowest BCUT2D eigenvalue weighted by atomic mass is 10.2. The van der Waals surface area contributed by atoms with Gasteiger partial charge in [0.15, 0.2) is 5.82 Å². The zero-order valence-electron chi connectivity index (χ0n) is 11.3. The van der Waals surface area contributed by atoms with Crippen LogP contribution in [0.3, 0.4) is 0 Å². The predicted molar refractivity (Wildman–Crippen MR) is 82.3 cm³/mol. The van der Waals surface area contributed by atoms with Crippen LogP contribution in [0.15, 0.2) is 54.7 Å². The molecule has 0 saturated heterocycles. The van der Waals surface area contributed by atoms with Crippen LogP contribution in [-0.2, 0) is 0 Å². The minimum absolute atomic E-state index is 0.367. The second kappa shape index (κ2) is 5.89. The Morgan fingerprint density at radius 2 is 1.81 bits per heavy atom. The molecule has 2 heterocycles. The molecule has 0 aliphatic rings. The Kier molecular flexibility index (Phi) is 3.79. The molecule has 0 atom stereocenters. The number of benzene rings is 1. The average molecular weight is 298 g/mol. The molecule has 1 aromatic carbocycles. The van der Waals surface area contributed by atoms with Gasteiger partial charge in [0.2, 0.25) is 0 Å². The number of rotatable bonds is 3. The van der Waals surface area contributed by atoms with Gasteiger partial charge in [0, 0.05) is 17.8 Å². The Hall–Kier alpha value is -2.46. The van der Waals surface area contributed by atoms with Crippen molar-refractivity contribution in [1.29, 1.82) is 0 Å². The third-order valence-electron chi connectivity index (χ3n) is 2.96. The highest BCUT2D eigenvalue weighted by atomic mass is 35.5. The number of hydrogen-bond donors (Lipinski definition) is 0. The van der Waals surface area contributed by atoms with Gasteiger partial charge in [-0.25, -0.2) is 9.97 Å². The molecule has 0 amide bonds. The molecule has 2 aromatic heterocycles. The fourth-order valence-corrected chi connectivity index (χ4v) is 2.19. The lowest BCUT2D eigenvalue weighted by molar-refractivity contribution is 0.414. The third-order valence-corrected chi connectivity index (χ3v) is 3.15. The summed E-state index contributed by atoms with van der Waals surface area (Å²) in [5.74, 6) is 1.21. The summed E-state index contributed by atoms with van der Waals surface area (Å²) in [7, 11) is 1.60. The summed E-state index contributed by atoms with van der Waals surface area (Å²) in [5, 5.41) is 0.367. The van der Waals surface area contributed by atoms with E-state index in [0.29, 0.717) is 28.1 Å². The SMILES string of the molecule is COc1cccnc1-c1cc(Cl)nc(-c2ccccc2)n1. The van der Waals surface area contributed by atoms with E-state index in [2.05, 4.69) is 15.0 Å². The largest absolute Gasteiger partial charge is 0.494 e. The molecule has 3 rings (SSSR count). The Balaban J connectivity index is 2.14. The van der Waals surface area contributed by atoms with Crippen LogP contribution in [0.1, 0.15) is 0 Å². The number of halogens is 1. The minimum Gasteiger partial charge on any atom is -0.494 e. The zero-order chi connectivity index (χ0) is 14.7. The second-order valence-electron chi connectivity index (χ2n) is 4.32. The van der Waals surface area contributed by atoms with Crippen molar-refractivity contribution in [2.24, 2.45) is 0 Å². The molecule has 0 saturated carbocycles. The van der Waals surface area contributed by atoms with Crippen molar-refractivity contribution in [2.75, 3.05) is 7.11 Å². The molecule has 0 aliphatic heterocycles. The first kappa shape index (κ1) is 13.5. The van der Waals surface area contributed by atoms with Crippen molar-refractivity contribution in [2.45, 2.75) is 0 Å². The van der Waals surface area contributed by atoms with Gasteiger partial charge in [-0.3, -0.25) is 4.98 Å². The van der Waals surface area contributed by atoms with Crippen LogP contribution in [-0.4, -0.2) is 22.1 Å². The summed E-state index contributed by atoms with van der Waals surface area (Å²) in [5.41, 5.74) is 2.17. The van der Waals surface area contributed by atoms with Crippen LogP contribution < -0.4 is 4.74 Å². The van der Waals surface area contributed by atoms with Gasteiger partial charge in [-0.2, -0.15) is 0 Å². The Morgan fingerprint density at radius 1 is 1.00 bits per heavy atom. The first-order chi connectivity index (χ1) is 10.3. The second-order valence-corrected chi connectivity index (χ2v) is 4.71. The molecule has 0 spiro atoms. The number of hydrogen-bond acceptors (Lipinski definition) is 4. The molecule has 4 nitrogen and oxygen atoms in total. The average Bonchev–Trinajstić information content (AvgIpc) is 2.55. The van der Waals surface area contributed by atoms with E-state index in [1.165, 1.54) is 0 Å². The Labute approximate surface area is 127 Å². The summed E-state index contributed by atoms with van der Waals surface area (Å²) >= 11 is 6.13. The number of methoxy groups -OCH3 is 1. The van der Waals surface area contributed by atoms with E-state index in [1.54, 1.807) is 19.4 Å². The van der Waals surface area contributed by atoms with Crippen LogP contribution in [0.25, 0.3) is 22.8 Å². The van der Waals surface area contributed by atoms with Crippen LogP contribution in [0.4, 0.5) is 0 Å². The van der Waals surface area contributed by atoms with Gasteiger partial charge < -0.3 is 4.74 Å². The van der Waals surface area contributed by atoms with Gasteiger partial charge in [-0.05, 0) is 12.1 Å².